The van der Waals surface area contributed by atoms with Gasteiger partial charge in [0.1, 0.15) is 6.54 Å². The molecule has 1 atom stereocenters. The van der Waals surface area contributed by atoms with Gasteiger partial charge in [-0.2, -0.15) is 0 Å². The van der Waals surface area contributed by atoms with Gasteiger partial charge >= 0.3 is 12.0 Å². The summed E-state index contributed by atoms with van der Waals surface area (Å²) in [4.78, 5) is 27.3. The van der Waals surface area contributed by atoms with E-state index in [2.05, 4.69) is 0 Å². The molecule has 1 aliphatic carbocycles. The predicted octanol–water partition coefficient (Wildman–Crippen LogP) is 1.67. The number of hydrogen-bond acceptors (Lipinski definition) is 3. The number of nitrogens with zero attached hydrogens (tertiary/aromatic N) is 2. The van der Waals surface area contributed by atoms with Crippen LogP contribution >= 0.6 is 0 Å². The number of urea groups is 1. The topological polar surface area (TPSA) is 81.1 Å². The molecule has 0 aromatic heterocycles. The fourth-order valence-electron chi connectivity index (χ4n) is 3.59. The van der Waals surface area contributed by atoms with Crippen LogP contribution in [-0.4, -0.2) is 63.8 Å². The monoisotopic (exact) mass is 298 g/mol. The van der Waals surface area contributed by atoms with Crippen molar-refractivity contribution >= 4 is 12.0 Å². The van der Waals surface area contributed by atoms with E-state index in [0.717, 1.165) is 44.9 Å². The molecule has 0 aromatic rings. The van der Waals surface area contributed by atoms with Gasteiger partial charge in [0.15, 0.2) is 0 Å². The van der Waals surface area contributed by atoms with E-state index in [0.29, 0.717) is 13.0 Å². The molecule has 0 spiro atoms. The molecule has 2 rings (SSSR count). The third kappa shape index (κ3) is 4.09. The summed E-state index contributed by atoms with van der Waals surface area (Å²) in [5.41, 5.74) is 0. The Bertz CT molecular complexity index is 369. The normalized spacial score (nSPS) is 22.7. The Kier molecular flexibility index (Phi) is 5.85. The van der Waals surface area contributed by atoms with Gasteiger partial charge in [0, 0.05) is 25.2 Å². The number of amides is 2. The first-order valence-electron chi connectivity index (χ1n) is 8.03. The maximum atomic E-state index is 12.8. The molecule has 1 saturated heterocycles. The summed E-state index contributed by atoms with van der Waals surface area (Å²) in [7, 11) is 0. The molecule has 2 amide bonds. The number of aliphatic carboxylic acids is 1. The minimum Gasteiger partial charge on any atom is -0.480 e. The van der Waals surface area contributed by atoms with Crippen molar-refractivity contribution in [2.75, 3.05) is 19.7 Å². The smallest absolute Gasteiger partial charge is 0.323 e. The molecule has 21 heavy (non-hydrogen) atoms. The van der Waals surface area contributed by atoms with Crippen LogP contribution < -0.4 is 0 Å². The Hall–Kier alpha value is -1.30. The van der Waals surface area contributed by atoms with Crippen molar-refractivity contribution in [3.8, 4) is 0 Å². The van der Waals surface area contributed by atoms with Crippen LogP contribution in [0.5, 0.6) is 0 Å². The lowest BCUT2D eigenvalue weighted by molar-refractivity contribution is -0.138. The third-order valence-electron chi connectivity index (χ3n) is 4.64. The van der Waals surface area contributed by atoms with Crippen molar-refractivity contribution in [2.24, 2.45) is 0 Å². The van der Waals surface area contributed by atoms with Crippen LogP contribution in [-0.2, 0) is 4.79 Å². The highest BCUT2D eigenvalue weighted by Gasteiger charge is 2.36. The van der Waals surface area contributed by atoms with Gasteiger partial charge in [-0.3, -0.25) is 4.79 Å². The zero-order valence-electron chi connectivity index (χ0n) is 12.5. The molecular formula is C15H26N2O4. The number of likely N-dealkylation sites (tertiary alicyclic amines) is 1. The number of carboxylic acids is 1. The van der Waals surface area contributed by atoms with Gasteiger partial charge in [0.05, 0.1) is 0 Å². The second-order valence-electron chi connectivity index (χ2n) is 6.10. The Balaban J connectivity index is 2.03. The van der Waals surface area contributed by atoms with Gasteiger partial charge in [0.25, 0.3) is 0 Å². The summed E-state index contributed by atoms with van der Waals surface area (Å²) >= 11 is 0. The number of carbonyl (C=O) groups is 2. The molecule has 2 fully saturated rings. The molecule has 120 valence electrons. The van der Waals surface area contributed by atoms with E-state index in [-0.39, 0.29) is 31.3 Å². The van der Waals surface area contributed by atoms with Crippen molar-refractivity contribution in [1.82, 2.24) is 9.80 Å². The van der Waals surface area contributed by atoms with Gasteiger partial charge in [-0.05, 0) is 38.5 Å². The minimum absolute atomic E-state index is 0.0766. The molecule has 6 nitrogen and oxygen atoms in total. The lowest BCUT2D eigenvalue weighted by Crippen LogP contribution is -2.50. The Morgan fingerprint density at radius 2 is 1.86 bits per heavy atom. The second kappa shape index (κ2) is 7.64. The van der Waals surface area contributed by atoms with Crippen molar-refractivity contribution in [3.05, 3.63) is 0 Å². The fourth-order valence-corrected chi connectivity index (χ4v) is 3.59. The molecule has 0 bridgehead atoms. The lowest BCUT2D eigenvalue weighted by Gasteiger charge is -2.34. The summed E-state index contributed by atoms with van der Waals surface area (Å²) in [6.07, 6.45) is 7.38. The highest BCUT2D eigenvalue weighted by atomic mass is 16.4. The van der Waals surface area contributed by atoms with E-state index >= 15 is 0 Å². The van der Waals surface area contributed by atoms with Crippen LogP contribution in [0.1, 0.15) is 51.4 Å². The van der Waals surface area contributed by atoms with Gasteiger partial charge in [0.2, 0.25) is 0 Å². The summed E-state index contributed by atoms with van der Waals surface area (Å²) in [5, 5.41) is 18.1. The van der Waals surface area contributed by atoms with Crippen molar-refractivity contribution in [1.29, 1.82) is 0 Å². The highest BCUT2D eigenvalue weighted by Crippen LogP contribution is 2.28. The van der Waals surface area contributed by atoms with Crippen molar-refractivity contribution in [2.45, 2.75) is 63.5 Å². The molecule has 1 heterocycles. The molecule has 1 saturated carbocycles. The zero-order chi connectivity index (χ0) is 15.2. The van der Waals surface area contributed by atoms with E-state index in [4.69, 9.17) is 10.2 Å². The largest absolute Gasteiger partial charge is 0.480 e. The number of rotatable bonds is 6. The molecule has 2 aliphatic rings. The van der Waals surface area contributed by atoms with Gasteiger partial charge < -0.3 is 20.0 Å². The first-order valence-corrected chi connectivity index (χ1v) is 8.03. The number of aliphatic hydroxyl groups is 1. The summed E-state index contributed by atoms with van der Waals surface area (Å²) < 4.78 is 0. The average Bonchev–Trinajstić information content (AvgIpc) is 3.12. The molecule has 1 aliphatic heterocycles. The predicted molar refractivity (Wildman–Crippen MR) is 78.0 cm³/mol. The van der Waals surface area contributed by atoms with Crippen LogP contribution in [0.3, 0.4) is 0 Å². The minimum atomic E-state index is -0.943. The first-order chi connectivity index (χ1) is 10.1. The number of aliphatic hydroxyl groups excluding tert-OH is 1. The van der Waals surface area contributed by atoms with Gasteiger partial charge in [-0.25, -0.2) is 4.79 Å². The van der Waals surface area contributed by atoms with E-state index < -0.39 is 5.97 Å². The lowest BCUT2D eigenvalue weighted by atomic mass is 10.1. The highest BCUT2D eigenvalue weighted by molar-refractivity contribution is 5.81. The molecular weight excluding hydrogens is 272 g/mol. The Morgan fingerprint density at radius 3 is 2.48 bits per heavy atom. The maximum Gasteiger partial charge on any atom is 0.323 e. The van der Waals surface area contributed by atoms with Crippen LogP contribution in [0.15, 0.2) is 0 Å². The maximum absolute atomic E-state index is 12.8. The van der Waals surface area contributed by atoms with Crippen LogP contribution in [0, 0.1) is 0 Å². The van der Waals surface area contributed by atoms with Crippen LogP contribution in [0.4, 0.5) is 4.79 Å². The summed E-state index contributed by atoms with van der Waals surface area (Å²) in [6, 6.07) is 0.111. The first kappa shape index (κ1) is 16.1. The van der Waals surface area contributed by atoms with E-state index in [1.165, 1.54) is 0 Å². The summed E-state index contributed by atoms with van der Waals surface area (Å²) in [6.45, 7) is 0.643. The zero-order valence-corrected chi connectivity index (χ0v) is 12.5. The third-order valence-corrected chi connectivity index (χ3v) is 4.64. The molecule has 2 N–H and O–H groups in total. The Labute approximate surface area is 125 Å². The standard InChI is InChI=1S/C15H26N2O4/c18-10-4-8-12-7-3-9-16(12)15(21)17(11-14(19)20)13-5-1-2-6-13/h12-13,18H,1-11H2,(H,19,20). The average molecular weight is 298 g/mol. The van der Waals surface area contributed by atoms with E-state index in [1.54, 1.807) is 4.90 Å². The van der Waals surface area contributed by atoms with E-state index in [9.17, 15) is 9.59 Å². The SMILES string of the molecule is O=C(O)CN(C(=O)N1CCCC1CCCO)C1CCCC1. The van der Waals surface area contributed by atoms with Crippen molar-refractivity contribution in [3.63, 3.8) is 0 Å². The number of carbonyl (C=O) groups excluding carboxylic acids is 1. The number of hydrogen-bond donors (Lipinski definition) is 2. The molecule has 0 aromatic carbocycles. The second-order valence-corrected chi connectivity index (χ2v) is 6.10. The fraction of sp³-hybridized carbons (Fsp3) is 0.867. The molecule has 0 radical (unpaired) electrons. The van der Waals surface area contributed by atoms with E-state index in [1.807, 2.05) is 4.90 Å². The van der Waals surface area contributed by atoms with Gasteiger partial charge in [-0.1, -0.05) is 12.8 Å². The molecule has 6 heteroatoms. The van der Waals surface area contributed by atoms with Crippen LogP contribution in [0.25, 0.3) is 0 Å². The summed E-state index contributed by atoms with van der Waals surface area (Å²) in [5.74, 6) is -0.943. The van der Waals surface area contributed by atoms with Crippen LogP contribution in [0.2, 0.25) is 0 Å². The Morgan fingerprint density at radius 1 is 1.14 bits per heavy atom. The quantitative estimate of drug-likeness (QED) is 0.781. The molecule has 1 unspecified atom stereocenters. The van der Waals surface area contributed by atoms with Crippen molar-refractivity contribution < 1.29 is 19.8 Å². The van der Waals surface area contributed by atoms with Gasteiger partial charge in [-0.15, -0.1) is 0 Å². The number of carboxylic acid groups (broad SMARTS) is 1.